The number of rotatable bonds is 5. The summed E-state index contributed by atoms with van der Waals surface area (Å²) in [5.41, 5.74) is 1.98. The number of hydrogen-bond acceptors (Lipinski definition) is 4. The summed E-state index contributed by atoms with van der Waals surface area (Å²) in [5, 5.41) is 3.42. The molecule has 0 fully saturated rings. The number of H-pyrrole nitrogens is 1. The van der Waals surface area contributed by atoms with Crippen molar-refractivity contribution in [1.29, 1.82) is 0 Å². The summed E-state index contributed by atoms with van der Waals surface area (Å²) in [6, 6.07) is 0.207. The van der Waals surface area contributed by atoms with Crippen LogP contribution < -0.4 is 5.32 Å². The van der Waals surface area contributed by atoms with Gasteiger partial charge in [0.05, 0.1) is 11.4 Å². The molecule has 0 spiro atoms. The first kappa shape index (κ1) is 11.7. The molecule has 2 aromatic rings. The zero-order valence-corrected chi connectivity index (χ0v) is 10.1. The van der Waals surface area contributed by atoms with Gasteiger partial charge in [0.15, 0.2) is 0 Å². The van der Waals surface area contributed by atoms with Gasteiger partial charge < -0.3 is 10.3 Å². The Kier molecular flexibility index (Phi) is 3.82. The van der Waals surface area contributed by atoms with Gasteiger partial charge in [0.25, 0.3) is 0 Å². The van der Waals surface area contributed by atoms with E-state index in [0.717, 1.165) is 30.2 Å². The third-order valence-electron chi connectivity index (χ3n) is 2.70. The van der Waals surface area contributed by atoms with Gasteiger partial charge in [-0.1, -0.05) is 0 Å². The van der Waals surface area contributed by atoms with E-state index in [4.69, 9.17) is 0 Å². The Hall–Kier alpha value is -1.75. The highest BCUT2D eigenvalue weighted by atomic mass is 15.0. The van der Waals surface area contributed by atoms with Gasteiger partial charge in [-0.2, -0.15) is 0 Å². The maximum absolute atomic E-state index is 4.35. The van der Waals surface area contributed by atoms with Crippen molar-refractivity contribution in [1.82, 2.24) is 25.3 Å². The highest BCUT2D eigenvalue weighted by Crippen LogP contribution is 2.11. The van der Waals surface area contributed by atoms with Crippen LogP contribution in [0.2, 0.25) is 0 Å². The van der Waals surface area contributed by atoms with Crippen LogP contribution in [-0.4, -0.2) is 26.5 Å². The van der Waals surface area contributed by atoms with E-state index in [1.54, 1.807) is 18.6 Å². The lowest BCUT2D eigenvalue weighted by atomic mass is 10.2. The van der Waals surface area contributed by atoms with Crippen molar-refractivity contribution in [3.8, 4) is 0 Å². The highest BCUT2D eigenvalue weighted by molar-refractivity contribution is 5.12. The lowest BCUT2D eigenvalue weighted by molar-refractivity contribution is 0.553. The summed E-state index contributed by atoms with van der Waals surface area (Å²) in [5.74, 6) is 1.00. The number of nitrogens with one attached hydrogen (secondary N) is 2. The van der Waals surface area contributed by atoms with Crippen LogP contribution in [-0.2, 0) is 6.42 Å². The van der Waals surface area contributed by atoms with Gasteiger partial charge in [0, 0.05) is 43.8 Å². The van der Waals surface area contributed by atoms with Crippen LogP contribution >= 0.6 is 0 Å². The summed E-state index contributed by atoms with van der Waals surface area (Å²) in [6.07, 6.45) is 7.94. The molecule has 0 aromatic carbocycles. The molecule has 5 nitrogen and oxygen atoms in total. The Balaban J connectivity index is 1.85. The summed E-state index contributed by atoms with van der Waals surface area (Å²) < 4.78 is 0. The van der Waals surface area contributed by atoms with E-state index in [-0.39, 0.29) is 6.04 Å². The number of hydrogen-bond donors (Lipinski definition) is 2. The molecule has 1 atom stereocenters. The number of aromatic nitrogens is 4. The average molecular weight is 231 g/mol. The minimum Gasteiger partial charge on any atom is -0.349 e. The molecular formula is C12H17N5. The van der Waals surface area contributed by atoms with E-state index in [1.165, 1.54) is 0 Å². The largest absolute Gasteiger partial charge is 0.349 e. The van der Waals surface area contributed by atoms with Gasteiger partial charge >= 0.3 is 0 Å². The van der Waals surface area contributed by atoms with E-state index in [9.17, 15) is 0 Å². The molecule has 0 bridgehead atoms. The Labute approximate surface area is 101 Å². The van der Waals surface area contributed by atoms with E-state index in [2.05, 4.69) is 32.2 Å². The molecule has 0 radical (unpaired) electrons. The van der Waals surface area contributed by atoms with Gasteiger partial charge in [-0.25, -0.2) is 4.98 Å². The number of aryl methyl sites for hydroxylation is 1. The third-order valence-corrected chi connectivity index (χ3v) is 2.70. The minimum atomic E-state index is 0.207. The average Bonchev–Trinajstić information content (AvgIpc) is 2.82. The van der Waals surface area contributed by atoms with Crippen molar-refractivity contribution in [2.45, 2.75) is 26.3 Å². The standard InChI is InChI=1S/C12H17N5/c1-9(12-10(2)14-5-8-17-12)13-4-3-11-15-6-7-16-11/h5-9,13H,3-4H2,1-2H3,(H,15,16). The Bertz CT molecular complexity index is 452. The van der Waals surface area contributed by atoms with E-state index in [0.29, 0.717) is 0 Å². The molecular weight excluding hydrogens is 214 g/mol. The Morgan fingerprint density at radius 3 is 2.76 bits per heavy atom. The van der Waals surface area contributed by atoms with Gasteiger partial charge in [0.2, 0.25) is 0 Å². The fourth-order valence-corrected chi connectivity index (χ4v) is 1.78. The van der Waals surface area contributed by atoms with Gasteiger partial charge in [-0.15, -0.1) is 0 Å². The molecule has 0 saturated heterocycles. The maximum Gasteiger partial charge on any atom is 0.107 e. The molecule has 2 rings (SSSR count). The Morgan fingerprint density at radius 2 is 2.06 bits per heavy atom. The zero-order valence-electron chi connectivity index (χ0n) is 10.1. The van der Waals surface area contributed by atoms with E-state index < -0.39 is 0 Å². The first-order valence-electron chi connectivity index (χ1n) is 5.76. The topological polar surface area (TPSA) is 66.5 Å². The van der Waals surface area contributed by atoms with Crippen molar-refractivity contribution in [3.63, 3.8) is 0 Å². The molecule has 0 aliphatic heterocycles. The minimum absolute atomic E-state index is 0.207. The first-order valence-corrected chi connectivity index (χ1v) is 5.76. The van der Waals surface area contributed by atoms with Crippen LogP contribution in [0.1, 0.15) is 30.2 Å². The second-order valence-corrected chi connectivity index (χ2v) is 3.99. The first-order chi connectivity index (χ1) is 8.27. The monoisotopic (exact) mass is 231 g/mol. The quantitative estimate of drug-likeness (QED) is 0.816. The van der Waals surface area contributed by atoms with Crippen LogP contribution in [0.25, 0.3) is 0 Å². The summed E-state index contributed by atoms with van der Waals surface area (Å²) in [6.45, 7) is 4.94. The van der Waals surface area contributed by atoms with Crippen molar-refractivity contribution in [2.75, 3.05) is 6.54 Å². The summed E-state index contributed by atoms with van der Waals surface area (Å²) in [4.78, 5) is 15.8. The third kappa shape index (κ3) is 3.10. The molecule has 0 aliphatic rings. The van der Waals surface area contributed by atoms with Crippen molar-refractivity contribution >= 4 is 0 Å². The van der Waals surface area contributed by atoms with Crippen LogP contribution in [0.4, 0.5) is 0 Å². The summed E-state index contributed by atoms with van der Waals surface area (Å²) in [7, 11) is 0. The molecule has 0 amide bonds. The molecule has 0 saturated carbocycles. The number of aromatic amines is 1. The van der Waals surface area contributed by atoms with E-state index in [1.807, 2.05) is 13.1 Å². The van der Waals surface area contributed by atoms with Crippen molar-refractivity contribution < 1.29 is 0 Å². The molecule has 2 N–H and O–H groups in total. The molecule has 17 heavy (non-hydrogen) atoms. The zero-order chi connectivity index (χ0) is 12.1. The molecule has 90 valence electrons. The van der Waals surface area contributed by atoms with Crippen LogP contribution in [0, 0.1) is 6.92 Å². The molecule has 0 aliphatic carbocycles. The Morgan fingerprint density at radius 1 is 1.24 bits per heavy atom. The van der Waals surface area contributed by atoms with Gasteiger partial charge in [0.1, 0.15) is 5.82 Å². The van der Waals surface area contributed by atoms with Crippen LogP contribution in [0.3, 0.4) is 0 Å². The van der Waals surface area contributed by atoms with Crippen LogP contribution in [0.15, 0.2) is 24.8 Å². The second-order valence-electron chi connectivity index (χ2n) is 3.99. The normalized spacial score (nSPS) is 12.6. The number of imidazole rings is 1. The lowest BCUT2D eigenvalue weighted by Gasteiger charge is -2.14. The summed E-state index contributed by atoms with van der Waals surface area (Å²) >= 11 is 0. The maximum atomic E-state index is 4.35. The van der Waals surface area contributed by atoms with Crippen LogP contribution in [0.5, 0.6) is 0 Å². The smallest absolute Gasteiger partial charge is 0.107 e. The SMILES string of the molecule is Cc1nccnc1C(C)NCCc1ncc[nH]1. The van der Waals surface area contributed by atoms with Gasteiger partial charge in [-0.05, 0) is 13.8 Å². The van der Waals surface area contributed by atoms with E-state index >= 15 is 0 Å². The molecule has 2 heterocycles. The van der Waals surface area contributed by atoms with Crippen molar-refractivity contribution in [2.24, 2.45) is 0 Å². The highest BCUT2D eigenvalue weighted by Gasteiger charge is 2.09. The predicted molar refractivity (Wildman–Crippen MR) is 65.5 cm³/mol. The van der Waals surface area contributed by atoms with Gasteiger partial charge in [-0.3, -0.25) is 9.97 Å². The second kappa shape index (κ2) is 5.54. The van der Waals surface area contributed by atoms with Crippen molar-refractivity contribution in [3.05, 3.63) is 42.0 Å². The lowest BCUT2D eigenvalue weighted by Crippen LogP contribution is -2.23. The predicted octanol–water partition coefficient (Wildman–Crippen LogP) is 1.40. The molecule has 1 unspecified atom stereocenters. The fourth-order valence-electron chi connectivity index (χ4n) is 1.78. The fraction of sp³-hybridized carbons (Fsp3) is 0.417. The molecule has 2 aromatic heterocycles. The number of nitrogens with zero attached hydrogens (tertiary/aromatic N) is 3. The molecule has 5 heteroatoms.